The minimum Gasteiger partial charge on any atom is -0.497 e. The maximum atomic E-state index is 5.89. The molecule has 3 rings (SSSR count). The topological polar surface area (TPSA) is 72.6 Å². The van der Waals surface area contributed by atoms with Crippen LogP contribution in [0.15, 0.2) is 48.7 Å². The fraction of sp³-hybridized carbons (Fsp3) is 0.238. The van der Waals surface area contributed by atoms with Crippen molar-refractivity contribution >= 4 is 33.8 Å². The van der Waals surface area contributed by atoms with E-state index in [1.807, 2.05) is 42.3 Å². The average Bonchev–Trinajstić information content (AvgIpc) is 2.73. The number of benzene rings is 2. The summed E-state index contributed by atoms with van der Waals surface area (Å²) in [6.45, 7) is 1.00. The highest BCUT2D eigenvalue weighted by Gasteiger charge is 2.15. The zero-order valence-corrected chi connectivity index (χ0v) is 17.0. The molecule has 3 aromatic rings. The molecule has 0 unspecified atom stereocenters. The van der Waals surface area contributed by atoms with Crippen LogP contribution in [0.2, 0.25) is 0 Å². The molecule has 1 aromatic heterocycles. The van der Waals surface area contributed by atoms with E-state index in [0.29, 0.717) is 29.7 Å². The standard InChI is InChI=1S/C21H24N4O2S/c1-25(13-14-7-5-4-6-8-14)21(28)24-18-12-23-17(11-22)20-16(18)9-15(26-2)10-19(20)27-3/h4-10,12H,11,13,22H2,1-3H3,(H,24,28). The molecule has 0 saturated heterocycles. The summed E-state index contributed by atoms with van der Waals surface area (Å²) >= 11 is 5.60. The maximum absolute atomic E-state index is 5.89. The Morgan fingerprint density at radius 2 is 1.93 bits per heavy atom. The van der Waals surface area contributed by atoms with Crippen LogP contribution < -0.4 is 20.5 Å². The molecular formula is C21H24N4O2S. The van der Waals surface area contributed by atoms with E-state index in [-0.39, 0.29) is 0 Å². The van der Waals surface area contributed by atoms with Crippen molar-refractivity contribution in [2.24, 2.45) is 5.73 Å². The SMILES string of the molecule is COc1cc(OC)c2c(CN)ncc(NC(=S)N(C)Cc3ccccc3)c2c1. The van der Waals surface area contributed by atoms with E-state index < -0.39 is 0 Å². The summed E-state index contributed by atoms with van der Waals surface area (Å²) in [5.41, 5.74) is 8.60. The lowest BCUT2D eigenvalue weighted by molar-refractivity contribution is 0.397. The molecule has 0 saturated carbocycles. The molecule has 0 amide bonds. The van der Waals surface area contributed by atoms with E-state index in [0.717, 1.165) is 22.2 Å². The van der Waals surface area contributed by atoms with E-state index in [4.69, 9.17) is 27.4 Å². The van der Waals surface area contributed by atoms with Crippen molar-refractivity contribution in [3.05, 3.63) is 59.9 Å². The number of anilines is 1. The van der Waals surface area contributed by atoms with Crippen molar-refractivity contribution in [2.75, 3.05) is 26.6 Å². The van der Waals surface area contributed by atoms with Crippen molar-refractivity contribution in [1.82, 2.24) is 9.88 Å². The number of hydrogen-bond acceptors (Lipinski definition) is 5. The second-order valence-corrected chi connectivity index (χ2v) is 6.73. The average molecular weight is 397 g/mol. The Morgan fingerprint density at radius 3 is 2.57 bits per heavy atom. The quantitative estimate of drug-likeness (QED) is 0.618. The predicted octanol–water partition coefficient (Wildman–Crippen LogP) is 3.54. The molecule has 0 aliphatic heterocycles. The van der Waals surface area contributed by atoms with Crippen LogP contribution in [0, 0.1) is 0 Å². The van der Waals surface area contributed by atoms with Gasteiger partial charge >= 0.3 is 0 Å². The Labute approximate surface area is 170 Å². The first-order valence-electron chi connectivity index (χ1n) is 8.87. The monoisotopic (exact) mass is 396 g/mol. The molecular weight excluding hydrogens is 372 g/mol. The van der Waals surface area contributed by atoms with E-state index in [9.17, 15) is 0 Å². The number of hydrogen-bond donors (Lipinski definition) is 2. The number of nitrogens with two attached hydrogens (primary N) is 1. The van der Waals surface area contributed by atoms with Gasteiger partial charge in [-0.3, -0.25) is 4.98 Å². The Hall–Kier alpha value is -2.90. The molecule has 0 atom stereocenters. The van der Waals surface area contributed by atoms with Crippen LogP contribution in [0.1, 0.15) is 11.3 Å². The van der Waals surface area contributed by atoms with Crippen LogP contribution >= 0.6 is 12.2 Å². The Morgan fingerprint density at radius 1 is 1.18 bits per heavy atom. The molecule has 0 aliphatic rings. The maximum Gasteiger partial charge on any atom is 0.173 e. The van der Waals surface area contributed by atoms with Crippen molar-refractivity contribution in [1.29, 1.82) is 0 Å². The van der Waals surface area contributed by atoms with Crippen molar-refractivity contribution in [3.63, 3.8) is 0 Å². The second-order valence-electron chi connectivity index (χ2n) is 6.35. The molecule has 6 nitrogen and oxygen atoms in total. The first-order chi connectivity index (χ1) is 13.6. The number of nitrogens with one attached hydrogen (secondary N) is 1. The Kier molecular flexibility index (Phi) is 6.28. The molecule has 0 aliphatic carbocycles. The summed E-state index contributed by atoms with van der Waals surface area (Å²) in [7, 11) is 5.19. The summed E-state index contributed by atoms with van der Waals surface area (Å²) in [5, 5.41) is 5.64. The van der Waals surface area contributed by atoms with Crippen molar-refractivity contribution in [3.8, 4) is 11.5 Å². The number of thiocarbonyl (C=S) groups is 1. The van der Waals surface area contributed by atoms with E-state index in [1.165, 1.54) is 5.56 Å². The van der Waals surface area contributed by atoms with Crippen LogP contribution in [0.5, 0.6) is 11.5 Å². The highest BCUT2D eigenvalue weighted by Crippen LogP contribution is 2.36. The molecule has 28 heavy (non-hydrogen) atoms. The Balaban J connectivity index is 1.95. The minimum absolute atomic E-state index is 0.303. The first-order valence-corrected chi connectivity index (χ1v) is 9.28. The molecule has 0 radical (unpaired) electrons. The summed E-state index contributed by atoms with van der Waals surface area (Å²) in [6.07, 6.45) is 1.74. The highest BCUT2D eigenvalue weighted by atomic mass is 32.1. The van der Waals surface area contributed by atoms with Gasteiger partial charge in [0.15, 0.2) is 5.11 Å². The van der Waals surface area contributed by atoms with Crippen LogP contribution in [-0.2, 0) is 13.1 Å². The lowest BCUT2D eigenvalue weighted by Gasteiger charge is -2.22. The number of nitrogens with zero attached hydrogens (tertiary/aromatic N) is 2. The van der Waals surface area contributed by atoms with Gasteiger partial charge < -0.3 is 25.4 Å². The molecule has 0 bridgehead atoms. The van der Waals surface area contributed by atoms with E-state index in [2.05, 4.69) is 22.4 Å². The van der Waals surface area contributed by atoms with Gasteiger partial charge in [0.05, 0.1) is 31.8 Å². The summed E-state index contributed by atoms with van der Waals surface area (Å²) in [4.78, 5) is 6.48. The van der Waals surface area contributed by atoms with Crippen molar-refractivity contribution < 1.29 is 9.47 Å². The number of ether oxygens (including phenoxy) is 2. The molecule has 3 N–H and O–H groups in total. The predicted molar refractivity (Wildman–Crippen MR) is 117 cm³/mol. The molecule has 0 spiro atoms. The van der Waals surface area contributed by atoms with Gasteiger partial charge in [0.25, 0.3) is 0 Å². The van der Waals surface area contributed by atoms with Gasteiger partial charge in [0, 0.05) is 37.0 Å². The van der Waals surface area contributed by atoms with Crippen LogP contribution in [0.25, 0.3) is 10.8 Å². The van der Waals surface area contributed by atoms with Crippen LogP contribution in [-0.4, -0.2) is 36.3 Å². The lowest BCUT2D eigenvalue weighted by atomic mass is 10.1. The molecule has 7 heteroatoms. The fourth-order valence-corrected chi connectivity index (χ4v) is 3.22. The third kappa shape index (κ3) is 4.16. The number of pyridine rings is 1. The summed E-state index contributed by atoms with van der Waals surface area (Å²) in [5.74, 6) is 1.35. The minimum atomic E-state index is 0.303. The van der Waals surface area contributed by atoms with Crippen LogP contribution in [0.4, 0.5) is 5.69 Å². The highest BCUT2D eigenvalue weighted by molar-refractivity contribution is 7.80. The number of fused-ring (bicyclic) bond motifs is 1. The Bertz CT molecular complexity index is 979. The zero-order chi connectivity index (χ0) is 20.1. The van der Waals surface area contributed by atoms with E-state index >= 15 is 0 Å². The molecule has 146 valence electrons. The summed E-state index contributed by atoms with van der Waals surface area (Å²) < 4.78 is 11.0. The van der Waals surface area contributed by atoms with E-state index in [1.54, 1.807) is 20.4 Å². The normalized spacial score (nSPS) is 10.6. The number of aromatic nitrogens is 1. The largest absolute Gasteiger partial charge is 0.497 e. The van der Waals surface area contributed by atoms with Gasteiger partial charge in [0.1, 0.15) is 11.5 Å². The molecule has 0 fully saturated rings. The number of methoxy groups -OCH3 is 2. The molecule has 2 aromatic carbocycles. The second kappa shape index (κ2) is 8.86. The van der Waals surface area contributed by atoms with Gasteiger partial charge in [0.2, 0.25) is 0 Å². The van der Waals surface area contributed by atoms with Crippen molar-refractivity contribution in [2.45, 2.75) is 13.1 Å². The smallest absolute Gasteiger partial charge is 0.173 e. The third-order valence-corrected chi connectivity index (χ3v) is 4.92. The first kappa shape index (κ1) is 19.9. The van der Waals surface area contributed by atoms with Gasteiger partial charge in [-0.25, -0.2) is 0 Å². The van der Waals surface area contributed by atoms with Gasteiger partial charge in [-0.05, 0) is 23.8 Å². The number of rotatable bonds is 6. The summed E-state index contributed by atoms with van der Waals surface area (Å²) in [6, 6.07) is 13.9. The lowest BCUT2D eigenvalue weighted by Crippen LogP contribution is -2.30. The molecule has 1 heterocycles. The third-order valence-electron chi connectivity index (χ3n) is 4.50. The fourth-order valence-electron chi connectivity index (χ4n) is 3.05. The van der Waals surface area contributed by atoms with Gasteiger partial charge in [-0.1, -0.05) is 30.3 Å². The zero-order valence-electron chi connectivity index (χ0n) is 16.2. The van der Waals surface area contributed by atoms with Gasteiger partial charge in [-0.15, -0.1) is 0 Å². The van der Waals surface area contributed by atoms with Crippen LogP contribution in [0.3, 0.4) is 0 Å². The van der Waals surface area contributed by atoms with Gasteiger partial charge in [-0.2, -0.15) is 0 Å².